The van der Waals surface area contributed by atoms with E-state index in [1.54, 1.807) is 23.1 Å². The van der Waals surface area contributed by atoms with E-state index in [2.05, 4.69) is 10.4 Å². The quantitative estimate of drug-likeness (QED) is 0.847. The van der Waals surface area contributed by atoms with E-state index in [0.717, 1.165) is 0 Å². The molecule has 6 nitrogen and oxygen atoms in total. The summed E-state index contributed by atoms with van der Waals surface area (Å²) < 4.78 is 15.1. The number of nitriles is 1. The molecular formula is C15H18FN5O. The minimum absolute atomic E-state index is 0.0390. The first-order valence-corrected chi connectivity index (χ1v) is 6.80. The van der Waals surface area contributed by atoms with Crippen molar-refractivity contribution in [1.29, 1.82) is 5.26 Å². The summed E-state index contributed by atoms with van der Waals surface area (Å²) in [5.74, 6) is -0.568. The maximum absolute atomic E-state index is 13.5. The van der Waals surface area contributed by atoms with Crippen LogP contribution in [0.2, 0.25) is 0 Å². The van der Waals surface area contributed by atoms with E-state index in [1.165, 1.54) is 12.1 Å². The second kappa shape index (κ2) is 7.02. The smallest absolute Gasteiger partial charge is 0.143 e. The average Bonchev–Trinajstić information content (AvgIpc) is 2.85. The van der Waals surface area contributed by atoms with Gasteiger partial charge in [0.2, 0.25) is 0 Å². The summed E-state index contributed by atoms with van der Waals surface area (Å²) in [5, 5.41) is 26.0. The van der Waals surface area contributed by atoms with Crippen molar-refractivity contribution in [2.75, 3.05) is 26.0 Å². The molecule has 116 valence electrons. The van der Waals surface area contributed by atoms with Gasteiger partial charge in [-0.05, 0) is 26.2 Å². The van der Waals surface area contributed by atoms with Gasteiger partial charge in [0.1, 0.15) is 17.4 Å². The molecule has 1 atom stereocenters. The Kier molecular flexibility index (Phi) is 5.09. The molecule has 0 saturated carbocycles. The van der Waals surface area contributed by atoms with E-state index in [-0.39, 0.29) is 5.56 Å². The number of hydrogen-bond acceptors (Lipinski definition) is 5. The normalized spacial score (nSPS) is 12.2. The highest BCUT2D eigenvalue weighted by molar-refractivity contribution is 5.65. The fourth-order valence-electron chi connectivity index (χ4n) is 2.12. The molecule has 0 fully saturated rings. The van der Waals surface area contributed by atoms with E-state index >= 15 is 0 Å². The first kappa shape index (κ1) is 15.9. The van der Waals surface area contributed by atoms with E-state index in [0.29, 0.717) is 24.5 Å². The van der Waals surface area contributed by atoms with Crippen LogP contribution in [0.4, 0.5) is 15.8 Å². The summed E-state index contributed by atoms with van der Waals surface area (Å²) in [6.45, 7) is 0.888. The highest BCUT2D eigenvalue weighted by Gasteiger charge is 2.10. The number of nitrogens with one attached hydrogen (secondary N) is 1. The number of hydrogen-bond donors (Lipinski definition) is 2. The van der Waals surface area contributed by atoms with E-state index in [1.807, 2.05) is 25.1 Å². The van der Waals surface area contributed by atoms with Crippen molar-refractivity contribution in [3.8, 4) is 6.07 Å². The van der Waals surface area contributed by atoms with Crippen LogP contribution in [-0.4, -0.2) is 46.5 Å². The predicted molar refractivity (Wildman–Crippen MR) is 81.2 cm³/mol. The maximum Gasteiger partial charge on any atom is 0.143 e. The van der Waals surface area contributed by atoms with Crippen molar-refractivity contribution in [3.05, 3.63) is 42.0 Å². The number of aliphatic hydroxyl groups is 1. The SMILES string of the molecule is CN(C)C[C@H](O)Cn1cc(Nc2cccc(F)c2C#N)cn1. The molecule has 7 heteroatoms. The number of anilines is 2. The van der Waals surface area contributed by atoms with Gasteiger partial charge in [0.05, 0.1) is 30.2 Å². The van der Waals surface area contributed by atoms with Gasteiger partial charge in [-0.1, -0.05) is 6.07 Å². The van der Waals surface area contributed by atoms with Crippen LogP contribution in [0.5, 0.6) is 0 Å². The van der Waals surface area contributed by atoms with Crippen LogP contribution >= 0.6 is 0 Å². The Morgan fingerprint density at radius 3 is 2.95 bits per heavy atom. The number of aliphatic hydroxyl groups excluding tert-OH is 1. The maximum atomic E-state index is 13.5. The van der Waals surface area contributed by atoms with Gasteiger partial charge < -0.3 is 15.3 Å². The van der Waals surface area contributed by atoms with E-state index < -0.39 is 11.9 Å². The molecule has 22 heavy (non-hydrogen) atoms. The molecule has 2 N–H and O–H groups in total. The summed E-state index contributed by atoms with van der Waals surface area (Å²) in [7, 11) is 3.76. The number of rotatable bonds is 6. The number of nitrogens with zero attached hydrogens (tertiary/aromatic N) is 4. The second-order valence-electron chi connectivity index (χ2n) is 5.27. The largest absolute Gasteiger partial charge is 0.390 e. The van der Waals surface area contributed by atoms with E-state index in [4.69, 9.17) is 5.26 Å². The van der Waals surface area contributed by atoms with Crippen molar-refractivity contribution >= 4 is 11.4 Å². The summed E-state index contributed by atoms with van der Waals surface area (Å²) in [6.07, 6.45) is 2.73. The molecule has 0 aliphatic rings. The third kappa shape index (κ3) is 4.04. The van der Waals surface area contributed by atoms with Gasteiger partial charge in [-0.15, -0.1) is 0 Å². The van der Waals surface area contributed by atoms with Crippen molar-refractivity contribution < 1.29 is 9.50 Å². The molecule has 2 aromatic rings. The second-order valence-corrected chi connectivity index (χ2v) is 5.27. The Morgan fingerprint density at radius 1 is 1.50 bits per heavy atom. The molecule has 0 bridgehead atoms. The van der Waals surface area contributed by atoms with Gasteiger partial charge in [0, 0.05) is 12.7 Å². The highest BCUT2D eigenvalue weighted by atomic mass is 19.1. The Labute approximate surface area is 128 Å². The first-order chi connectivity index (χ1) is 10.5. The van der Waals surface area contributed by atoms with E-state index in [9.17, 15) is 9.50 Å². The molecule has 1 aromatic heterocycles. The number of aromatic nitrogens is 2. The monoisotopic (exact) mass is 303 g/mol. The molecule has 1 heterocycles. The fourth-order valence-corrected chi connectivity index (χ4v) is 2.12. The molecular weight excluding hydrogens is 285 g/mol. The van der Waals surface area contributed by atoms with Gasteiger partial charge in [0.25, 0.3) is 0 Å². The molecule has 0 spiro atoms. The number of halogens is 1. The van der Waals surface area contributed by atoms with Gasteiger partial charge in [-0.3, -0.25) is 4.68 Å². The lowest BCUT2D eigenvalue weighted by atomic mass is 10.2. The number of likely N-dealkylation sites (N-methyl/N-ethyl adjacent to an activating group) is 1. The topological polar surface area (TPSA) is 77.1 Å². The zero-order chi connectivity index (χ0) is 16.1. The molecule has 0 aliphatic heterocycles. The van der Waals surface area contributed by atoms with Crippen molar-refractivity contribution in [1.82, 2.24) is 14.7 Å². The minimum atomic E-state index is -0.568. The molecule has 2 rings (SSSR count). The van der Waals surface area contributed by atoms with Gasteiger partial charge >= 0.3 is 0 Å². The zero-order valence-corrected chi connectivity index (χ0v) is 12.5. The minimum Gasteiger partial charge on any atom is -0.390 e. The van der Waals surface area contributed by atoms with Crippen LogP contribution in [0.15, 0.2) is 30.6 Å². The summed E-state index contributed by atoms with van der Waals surface area (Å²) >= 11 is 0. The standard InChI is InChI=1S/C15H18FN5O/c1-20(2)9-12(22)10-21-8-11(7-18-21)19-15-5-3-4-14(16)13(15)6-17/h3-5,7-8,12,19,22H,9-10H2,1-2H3/t12-/m0/s1. The van der Waals surface area contributed by atoms with Crippen LogP contribution in [0.25, 0.3) is 0 Å². The Morgan fingerprint density at radius 2 is 2.27 bits per heavy atom. The van der Waals surface area contributed by atoms with Crippen molar-refractivity contribution in [3.63, 3.8) is 0 Å². The lowest BCUT2D eigenvalue weighted by Crippen LogP contribution is -2.29. The summed E-state index contributed by atoms with van der Waals surface area (Å²) in [5.41, 5.74) is 0.970. The Bertz CT molecular complexity index is 677. The van der Waals surface area contributed by atoms with Gasteiger partial charge in [-0.2, -0.15) is 10.4 Å². The first-order valence-electron chi connectivity index (χ1n) is 6.80. The fraction of sp³-hybridized carbons (Fsp3) is 0.333. The van der Waals surface area contributed by atoms with Gasteiger partial charge in [-0.25, -0.2) is 4.39 Å². The van der Waals surface area contributed by atoms with Crippen LogP contribution in [0, 0.1) is 17.1 Å². The molecule has 0 unspecified atom stereocenters. The Hall–Kier alpha value is -2.43. The van der Waals surface area contributed by atoms with Crippen molar-refractivity contribution in [2.45, 2.75) is 12.6 Å². The lowest BCUT2D eigenvalue weighted by molar-refractivity contribution is 0.116. The van der Waals surface area contributed by atoms with Crippen LogP contribution in [0.3, 0.4) is 0 Å². The average molecular weight is 303 g/mol. The van der Waals surface area contributed by atoms with Crippen LogP contribution < -0.4 is 5.32 Å². The highest BCUT2D eigenvalue weighted by Crippen LogP contribution is 2.22. The molecule has 0 aliphatic carbocycles. The van der Waals surface area contributed by atoms with Crippen LogP contribution in [0.1, 0.15) is 5.56 Å². The molecule has 0 radical (unpaired) electrons. The summed E-state index contributed by atoms with van der Waals surface area (Å²) in [4.78, 5) is 1.89. The Balaban J connectivity index is 2.07. The third-order valence-electron chi connectivity index (χ3n) is 3.01. The lowest BCUT2D eigenvalue weighted by Gasteiger charge is -2.15. The summed E-state index contributed by atoms with van der Waals surface area (Å²) in [6, 6.07) is 6.23. The predicted octanol–water partition coefficient (Wildman–Crippen LogP) is 1.56. The molecule has 1 aromatic carbocycles. The zero-order valence-electron chi connectivity index (χ0n) is 12.5. The number of benzene rings is 1. The van der Waals surface area contributed by atoms with Crippen molar-refractivity contribution in [2.24, 2.45) is 0 Å². The molecule has 0 saturated heterocycles. The van der Waals surface area contributed by atoms with Crippen LogP contribution in [-0.2, 0) is 6.54 Å². The van der Waals surface area contributed by atoms with Gasteiger partial charge in [0.15, 0.2) is 0 Å². The molecule has 0 amide bonds. The third-order valence-corrected chi connectivity index (χ3v) is 3.01.